The molecule has 122 valence electrons. The molecule has 0 bridgehead atoms. The summed E-state index contributed by atoms with van der Waals surface area (Å²) in [4.78, 5) is 36.6. The summed E-state index contributed by atoms with van der Waals surface area (Å²) >= 11 is 0. The van der Waals surface area contributed by atoms with E-state index in [1.54, 1.807) is 48.5 Å². The number of ketones is 1. The molecule has 0 spiro atoms. The number of amides is 1. The Morgan fingerprint density at radius 3 is 1.92 bits per heavy atom. The van der Waals surface area contributed by atoms with E-state index in [1.165, 1.54) is 7.05 Å². The Morgan fingerprint density at radius 2 is 1.46 bits per heavy atom. The highest BCUT2D eigenvalue weighted by Gasteiger charge is 2.46. The van der Waals surface area contributed by atoms with Crippen LogP contribution in [0.4, 0.5) is 0 Å². The maximum Gasteiger partial charge on any atom is 0.304 e. The molecular formula is C19H17NO4. The summed E-state index contributed by atoms with van der Waals surface area (Å²) in [5.74, 6) is -1.42. The van der Waals surface area contributed by atoms with Gasteiger partial charge in [-0.15, -0.1) is 0 Å². The van der Waals surface area contributed by atoms with E-state index < -0.39 is 11.4 Å². The lowest BCUT2D eigenvalue weighted by Crippen LogP contribution is -2.41. The van der Waals surface area contributed by atoms with Crippen molar-refractivity contribution in [3.8, 4) is 0 Å². The number of aliphatic carboxylic acids is 1. The molecule has 5 nitrogen and oxygen atoms in total. The van der Waals surface area contributed by atoms with Crippen LogP contribution in [0.5, 0.6) is 0 Å². The van der Waals surface area contributed by atoms with Gasteiger partial charge in [0.15, 0.2) is 5.78 Å². The number of carbonyl (C=O) groups is 3. The fourth-order valence-corrected chi connectivity index (χ4v) is 3.55. The second-order valence-electron chi connectivity index (χ2n) is 5.92. The molecule has 1 aliphatic rings. The Balaban J connectivity index is 2.34. The normalized spacial score (nSPS) is 14.5. The first-order chi connectivity index (χ1) is 11.5. The molecule has 0 heterocycles. The van der Waals surface area contributed by atoms with Crippen LogP contribution in [-0.2, 0) is 15.0 Å². The van der Waals surface area contributed by atoms with Gasteiger partial charge in [0.1, 0.15) is 0 Å². The molecule has 0 fully saturated rings. The number of carbonyl (C=O) groups excluding carboxylic acids is 2. The highest BCUT2D eigenvalue weighted by Crippen LogP contribution is 2.46. The lowest BCUT2D eigenvalue weighted by Gasteiger charge is -2.39. The third-order valence-electron chi connectivity index (χ3n) is 4.57. The number of fused-ring (bicyclic) bond motifs is 2. The first-order valence-electron chi connectivity index (χ1n) is 7.65. The number of carboxylic acid groups (broad SMARTS) is 1. The zero-order valence-electron chi connectivity index (χ0n) is 13.2. The van der Waals surface area contributed by atoms with Crippen LogP contribution >= 0.6 is 0 Å². The number of rotatable bonds is 4. The zero-order valence-corrected chi connectivity index (χ0v) is 13.2. The summed E-state index contributed by atoms with van der Waals surface area (Å²) < 4.78 is 0. The maximum absolute atomic E-state index is 12.8. The molecule has 0 radical (unpaired) electrons. The Morgan fingerprint density at radius 1 is 0.958 bits per heavy atom. The van der Waals surface area contributed by atoms with Gasteiger partial charge in [0.25, 0.3) is 0 Å². The van der Waals surface area contributed by atoms with Crippen molar-refractivity contribution in [1.29, 1.82) is 0 Å². The van der Waals surface area contributed by atoms with Crippen LogP contribution in [0.1, 0.15) is 39.9 Å². The minimum Gasteiger partial charge on any atom is -0.481 e. The Kier molecular flexibility index (Phi) is 3.93. The number of nitrogens with one attached hydrogen (secondary N) is 1. The molecule has 0 aromatic heterocycles. The average Bonchev–Trinajstić information content (AvgIpc) is 2.59. The summed E-state index contributed by atoms with van der Waals surface area (Å²) in [5, 5.41) is 12.1. The van der Waals surface area contributed by atoms with E-state index in [2.05, 4.69) is 5.32 Å². The third-order valence-corrected chi connectivity index (χ3v) is 4.57. The van der Waals surface area contributed by atoms with Crippen LogP contribution in [0.2, 0.25) is 0 Å². The van der Waals surface area contributed by atoms with Gasteiger partial charge in [0.05, 0.1) is 6.42 Å². The highest BCUT2D eigenvalue weighted by atomic mass is 16.4. The molecule has 1 amide bonds. The first-order valence-corrected chi connectivity index (χ1v) is 7.65. The maximum atomic E-state index is 12.8. The fourth-order valence-electron chi connectivity index (χ4n) is 3.55. The van der Waals surface area contributed by atoms with Gasteiger partial charge in [-0.25, -0.2) is 0 Å². The van der Waals surface area contributed by atoms with Crippen LogP contribution in [-0.4, -0.2) is 29.8 Å². The van der Waals surface area contributed by atoms with Gasteiger partial charge in [-0.2, -0.15) is 0 Å². The van der Waals surface area contributed by atoms with Gasteiger partial charge in [-0.1, -0.05) is 48.5 Å². The van der Waals surface area contributed by atoms with Crippen LogP contribution < -0.4 is 5.32 Å². The first kappa shape index (κ1) is 15.9. The van der Waals surface area contributed by atoms with Crippen LogP contribution in [0.3, 0.4) is 0 Å². The average molecular weight is 323 g/mol. The predicted molar refractivity (Wildman–Crippen MR) is 88.0 cm³/mol. The number of hydrogen-bond acceptors (Lipinski definition) is 3. The van der Waals surface area contributed by atoms with Gasteiger partial charge in [-0.3, -0.25) is 14.4 Å². The molecule has 3 rings (SSSR count). The van der Waals surface area contributed by atoms with Gasteiger partial charge < -0.3 is 10.4 Å². The molecule has 2 aromatic carbocycles. The van der Waals surface area contributed by atoms with Crippen LogP contribution in [0.25, 0.3) is 0 Å². The second-order valence-corrected chi connectivity index (χ2v) is 5.92. The van der Waals surface area contributed by atoms with Crippen molar-refractivity contribution in [1.82, 2.24) is 5.32 Å². The Bertz CT molecular complexity index is 791. The molecule has 5 heteroatoms. The topological polar surface area (TPSA) is 83.5 Å². The van der Waals surface area contributed by atoms with E-state index in [-0.39, 0.29) is 24.5 Å². The SMILES string of the molecule is CNC(=O)CC1(CC(=O)O)c2ccccc2C(=O)c2ccccc21. The summed E-state index contributed by atoms with van der Waals surface area (Å²) in [5.41, 5.74) is 1.05. The minimum absolute atomic E-state index is 0.0306. The lowest BCUT2D eigenvalue weighted by molar-refractivity contribution is -0.138. The standard InChI is InChI=1S/C19H17NO4/c1-20-16(21)10-19(11-17(22)23)14-8-4-2-6-12(14)18(24)13-7-3-5-9-15(13)19/h2-9H,10-11H2,1H3,(H,20,21)(H,22,23). The zero-order chi connectivity index (χ0) is 17.3. The summed E-state index contributed by atoms with van der Waals surface area (Å²) in [6.07, 6.45) is -0.293. The molecule has 2 N–H and O–H groups in total. The van der Waals surface area contributed by atoms with Crippen molar-refractivity contribution in [2.45, 2.75) is 18.3 Å². The fraction of sp³-hybridized carbons (Fsp3) is 0.211. The van der Waals surface area contributed by atoms with Crippen molar-refractivity contribution in [3.63, 3.8) is 0 Å². The van der Waals surface area contributed by atoms with E-state index in [1.807, 2.05) is 0 Å². The predicted octanol–water partition coefficient (Wildman–Crippen LogP) is 2.13. The van der Waals surface area contributed by atoms with Gasteiger partial charge >= 0.3 is 5.97 Å². The smallest absolute Gasteiger partial charge is 0.304 e. The third kappa shape index (κ3) is 2.38. The molecule has 0 saturated carbocycles. The van der Waals surface area contributed by atoms with Gasteiger partial charge in [0, 0.05) is 30.0 Å². The van der Waals surface area contributed by atoms with E-state index in [0.717, 1.165) is 0 Å². The molecule has 0 unspecified atom stereocenters. The molecule has 0 aliphatic heterocycles. The molecule has 0 saturated heterocycles. The number of benzene rings is 2. The Hall–Kier alpha value is -2.95. The minimum atomic E-state index is -1.06. The molecule has 24 heavy (non-hydrogen) atoms. The van der Waals surface area contributed by atoms with Crippen molar-refractivity contribution >= 4 is 17.7 Å². The summed E-state index contributed by atoms with van der Waals surface area (Å²) in [7, 11) is 1.52. The molecule has 2 aromatic rings. The van der Waals surface area contributed by atoms with Crippen molar-refractivity contribution in [2.75, 3.05) is 7.05 Å². The molecule has 1 aliphatic carbocycles. The van der Waals surface area contributed by atoms with Gasteiger partial charge in [-0.05, 0) is 11.1 Å². The van der Waals surface area contributed by atoms with E-state index in [0.29, 0.717) is 22.3 Å². The van der Waals surface area contributed by atoms with Crippen molar-refractivity contribution < 1.29 is 19.5 Å². The van der Waals surface area contributed by atoms with E-state index >= 15 is 0 Å². The van der Waals surface area contributed by atoms with Crippen LogP contribution in [0.15, 0.2) is 48.5 Å². The van der Waals surface area contributed by atoms with Gasteiger partial charge in [0.2, 0.25) is 5.91 Å². The van der Waals surface area contributed by atoms with Crippen molar-refractivity contribution in [2.24, 2.45) is 0 Å². The summed E-state index contributed by atoms with van der Waals surface area (Å²) in [6.45, 7) is 0. The quantitative estimate of drug-likeness (QED) is 0.903. The second kappa shape index (κ2) is 5.92. The van der Waals surface area contributed by atoms with Crippen molar-refractivity contribution in [3.05, 3.63) is 70.8 Å². The van der Waals surface area contributed by atoms with E-state index in [9.17, 15) is 19.5 Å². The molecular weight excluding hydrogens is 306 g/mol. The van der Waals surface area contributed by atoms with Crippen LogP contribution in [0, 0.1) is 0 Å². The highest BCUT2D eigenvalue weighted by molar-refractivity contribution is 6.13. The number of hydrogen-bond donors (Lipinski definition) is 2. The lowest BCUT2D eigenvalue weighted by atomic mass is 9.62. The summed E-state index contributed by atoms with van der Waals surface area (Å²) in [6, 6.07) is 13.9. The molecule has 0 atom stereocenters. The van der Waals surface area contributed by atoms with E-state index in [4.69, 9.17) is 0 Å². The monoisotopic (exact) mass is 323 g/mol. The number of carboxylic acids is 1. The largest absolute Gasteiger partial charge is 0.481 e. The Labute approximate surface area is 139 Å².